The van der Waals surface area contributed by atoms with Crippen molar-refractivity contribution in [3.05, 3.63) is 28.4 Å². The molecule has 25 heavy (non-hydrogen) atoms. The average molecular weight is 351 g/mol. The van der Waals surface area contributed by atoms with Crippen molar-refractivity contribution in [3.8, 4) is 11.8 Å². The van der Waals surface area contributed by atoms with E-state index in [1.165, 1.54) is 23.8 Å². The fraction of sp³-hybridized carbons (Fsp3) is 0.500. The monoisotopic (exact) mass is 351 g/mol. The van der Waals surface area contributed by atoms with Crippen LogP contribution in [0.4, 0.5) is 4.39 Å². The Morgan fingerprint density at radius 1 is 1.60 bits per heavy atom. The number of halogens is 1. The van der Waals surface area contributed by atoms with Gasteiger partial charge in [-0.3, -0.25) is 4.79 Å². The second-order valence-corrected chi connectivity index (χ2v) is 6.01. The third kappa shape index (κ3) is 2.73. The number of aromatic amines is 1. The molecule has 0 radical (unpaired) electrons. The molecule has 0 spiro atoms. The maximum Gasteiger partial charge on any atom is 0.260 e. The highest BCUT2D eigenvalue weighted by Crippen LogP contribution is 2.40. The lowest BCUT2D eigenvalue weighted by Crippen LogP contribution is -2.47. The van der Waals surface area contributed by atoms with E-state index in [0.29, 0.717) is 5.82 Å². The molecule has 4 N–H and O–H groups in total. The topological polar surface area (TPSA) is 121 Å². The molecule has 1 aliphatic rings. The van der Waals surface area contributed by atoms with E-state index in [4.69, 9.17) is 4.74 Å². The highest BCUT2D eigenvalue weighted by atomic mass is 19.1. The Hall–Kier alpha value is -2.25. The Balaban J connectivity index is 2.18. The minimum atomic E-state index is -2.18. The third-order valence-corrected chi connectivity index (χ3v) is 4.21. The van der Waals surface area contributed by atoms with Gasteiger partial charge in [-0.2, -0.15) is 0 Å². The summed E-state index contributed by atoms with van der Waals surface area (Å²) < 4.78 is 19.5. The van der Waals surface area contributed by atoms with Crippen LogP contribution in [0, 0.1) is 18.8 Å². The second-order valence-electron chi connectivity index (χ2n) is 6.01. The van der Waals surface area contributed by atoms with Crippen molar-refractivity contribution in [3.63, 3.8) is 0 Å². The minimum absolute atomic E-state index is 0.213. The van der Waals surface area contributed by atoms with Crippen LogP contribution in [0.25, 0.3) is 11.0 Å². The number of nitrogens with one attached hydrogen (secondary N) is 1. The maximum absolute atomic E-state index is 12.5. The summed E-state index contributed by atoms with van der Waals surface area (Å²) in [6.45, 7) is 1.96. The summed E-state index contributed by atoms with van der Waals surface area (Å²) in [6, 6.07) is 1.48. The Morgan fingerprint density at radius 2 is 2.32 bits per heavy atom. The van der Waals surface area contributed by atoms with E-state index in [2.05, 4.69) is 21.8 Å². The predicted molar refractivity (Wildman–Crippen MR) is 85.4 cm³/mol. The average Bonchev–Trinajstić information content (AvgIpc) is 3.06. The molecule has 1 unspecified atom stereocenters. The molecule has 0 aromatic carbocycles. The first-order chi connectivity index (χ1) is 11.8. The molecular weight excluding hydrogens is 333 g/mol. The van der Waals surface area contributed by atoms with Gasteiger partial charge in [0.2, 0.25) is 0 Å². The van der Waals surface area contributed by atoms with Crippen LogP contribution < -0.4 is 5.56 Å². The highest BCUT2D eigenvalue weighted by Gasteiger charge is 2.57. The Bertz CT molecular complexity index is 912. The van der Waals surface area contributed by atoms with Gasteiger partial charge in [-0.25, -0.2) is 9.37 Å². The van der Waals surface area contributed by atoms with Gasteiger partial charge in [0.25, 0.3) is 5.56 Å². The van der Waals surface area contributed by atoms with Crippen molar-refractivity contribution in [2.45, 2.75) is 44.0 Å². The number of fused-ring (bicyclic) bond motifs is 1. The predicted octanol–water partition coefficient (Wildman–Crippen LogP) is -0.624. The van der Waals surface area contributed by atoms with Crippen molar-refractivity contribution in [1.82, 2.24) is 14.5 Å². The van der Waals surface area contributed by atoms with Crippen molar-refractivity contribution < 1.29 is 24.4 Å². The van der Waals surface area contributed by atoms with Gasteiger partial charge >= 0.3 is 0 Å². The standard InChI is InChI=1S/C16H18FN3O5/c1-8(21)11-12(22)16(24,5-3-6-17)15(25-11)20-7-4-10-13(20)18-9(2)19-14(10)23/h4,7-8,11-12,15,21-22,24H,6H2,1-2H3,(H,18,19,23)/t8-,11-,12+,15-,16?/m1/s1. The first-order valence-electron chi connectivity index (χ1n) is 7.67. The van der Waals surface area contributed by atoms with Gasteiger partial charge < -0.3 is 29.6 Å². The number of aromatic nitrogens is 3. The number of ether oxygens (including phenoxy) is 1. The minimum Gasteiger partial charge on any atom is -0.391 e. The number of hydrogen-bond acceptors (Lipinski definition) is 6. The van der Waals surface area contributed by atoms with E-state index in [1.807, 2.05) is 0 Å². The summed E-state index contributed by atoms with van der Waals surface area (Å²) in [5, 5.41) is 31.3. The normalized spacial score (nSPS) is 30.2. The molecule has 0 saturated carbocycles. The van der Waals surface area contributed by atoms with Crippen molar-refractivity contribution >= 4 is 11.0 Å². The highest BCUT2D eigenvalue weighted by molar-refractivity contribution is 5.75. The molecule has 134 valence electrons. The van der Waals surface area contributed by atoms with Gasteiger partial charge in [0, 0.05) is 6.20 Å². The molecule has 8 nitrogen and oxygen atoms in total. The van der Waals surface area contributed by atoms with Gasteiger partial charge in [-0.15, -0.1) is 0 Å². The summed E-state index contributed by atoms with van der Waals surface area (Å²) in [5.74, 6) is 4.73. The lowest BCUT2D eigenvalue weighted by Gasteiger charge is -2.26. The van der Waals surface area contributed by atoms with Crippen molar-refractivity contribution in [1.29, 1.82) is 0 Å². The largest absolute Gasteiger partial charge is 0.391 e. The van der Waals surface area contributed by atoms with E-state index in [-0.39, 0.29) is 16.6 Å². The number of aryl methyl sites for hydroxylation is 1. The number of alkyl halides is 1. The third-order valence-electron chi connectivity index (χ3n) is 4.21. The molecule has 2 aromatic rings. The zero-order valence-corrected chi connectivity index (χ0v) is 13.6. The van der Waals surface area contributed by atoms with Crippen molar-refractivity contribution in [2.24, 2.45) is 0 Å². The van der Waals surface area contributed by atoms with Crippen molar-refractivity contribution in [2.75, 3.05) is 6.67 Å². The molecule has 0 amide bonds. The van der Waals surface area contributed by atoms with Gasteiger partial charge in [-0.05, 0) is 19.9 Å². The smallest absolute Gasteiger partial charge is 0.260 e. The zero-order chi connectivity index (χ0) is 18.4. The number of aliphatic hydroxyl groups excluding tert-OH is 2. The fourth-order valence-electron chi connectivity index (χ4n) is 3.03. The number of hydrogen-bond donors (Lipinski definition) is 4. The van der Waals surface area contributed by atoms with Crippen LogP contribution in [0.1, 0.15) is 19.0 Å². The second kappa shape index (κ2) is 6.24. The molecular formula is C16H18FN3O5. The molecule has 1 fully saturated rings. The molecule has 1 aliphatic heterocycles. The first kappa shape index (κ1) is 17.6. The van der Waals surface area contributed by atoms with E-state index < -0.39 is 36.8 Å². The molecule has 3 heterocycles. The van der Waals surface area contributed by atoms with Crippen LogP contribution in [0.15, 0.2) is 17.1 Å². The molecule has 2 aromatic heterocycles. The van der Waals surface area contributed by atoms with Gasteiger partial charge in [0.1, 0.15) is 30.4 Å². The van der Waals surface area contributed by atoms with E-state index in [9.17, 15) is 24.5 Å². The summed E-state index contributed by atoms with van der Waals surface area (Å²) in [7, 11) is 0. The SMILES string of the molecule is Cc1nc2c(ccn2[C@@H]2O[C@H]([C@@H](C)O)[C@H](O)C2(O)C#CCF)c(=O)[nH]1. The summed E-state index contributed by atoms with van der Waals surface area (Å²) in [6.07, 6.45) is -3.68. The summed E-state index contributed by atoms with van der Waals surface area (Å²) >= 11 is 0. The molecule has 3 rings (SSSR count). The van der Waals surface area contributed by atoms with Crippen LogP contribution in [0.2, 0.25) is 0 Å². The van der Waals surface area contributed by atoms with Crippen LogP contribution >= 0.6 is 0 Å². The van der Waals surface area contributed by atoms with E-state index in [0.717, 1.165) is 0 Å². The fourth-order valence-corrected chi connectivity index (χ4v) is 3.03. The maximum atomic E-state index is 12.5. The quantitative estimate of drug-likeness (QED) is 0.535. The first-order valence-corrected chi connectivity index (χ1v) is 7.67. The van der Waals surface area contributed by atoms with Crippen LogP contribution in [0.5, 0.6) is 0 Å². The number of nitrogens with zero attached hydrogens (tertiary/aromatic N) is 2. The molecule has 1 saturated heterocycles. The Morgan fingerprint density at radius 3 is 2.96 bits per heavy atom. The molecule has 0 aliphatic carbocycles. The molecule has 0 bridgehead atoms. The number of aliphatic hydroxyl groups is 3. The number of H-pyrrole nitrogens is 1. The van der Waals surface area contributed by atoms with E-state index in [1.54, 1.807) is 6.92 Å². The Kier molecular flexibility index (Phi) is 4.38. The van der Waals surface area contributed by atoms with Crippen LogP contribution in [-0.2, 0) is 4.74 Å². The van der Waals surface area contributed by atoms with Crippen LogP contribution in [0.3, 0.4) is 0 Å². The summed E-state index contributed by atoms with van der Waals surface area (Å²) in [4.78, 5) is 18.8. The number of rotatable bonds is 2. The summed E-state index contributed by atoms with van der Waals surface area (Å²) in [5.41, 5.74) is -2.34. The molecule has 5 atom stereocenters. The van der Waals surface area contributed by atoms with Crippen LogP contribution in [-0.4, -0.2) is 60.4 Å². The van der Waals surface area contributed by atoms with Gasteiger partial charge in [0.15, 0.2) is 11.8 Å². The molecule has 9 heteroatoms. The zero-order valence-electron chi connectivity index (χ0n) is 13.6. The van der Waals surface area contributed by atoms with Gasteiger partial charge in [0.05, 0.1) is 11.5 Å². The Labute approximate surface area is 141 Å². The lowest BCUT2D eigenvalue weighted by atomic mass is 9.92. The van der Waals surface area contributed by atoms with E-state index >= 15 is 0 Å². The van der Waals surface area contributed by atoms with Gasteiger partial charge in [-0.1, -0.05) is 11.8 Å². The lowest BCUT2D eigenvalue weighted by molar-refractivity contribution is -0.0845.